The van der Waals surface area contributed by atoms with Crippen LogP contribution in [0.5, 0.6) is 5.75 Å². The van der Waals surface area contributed by atoms with Crippen molar-refractivity contribution in [3.8, 4) is 5.75 Å². The normalized spacial score (nSPS) is 10.1. The van der Waals surface area contributed by atoms with Crippen molar-refractivity contribution in [3.63, 3.8) is 0 Å². The number of carboxylic acids is 1. The molecule has 0 aliphatic carbocycles. The molecule has 0 bridgehead atoms. The van der Waals surface area contributed by atoms with Gasteiger partial charge in [0.05, 0.1) is 19.2 Å². The van der Waals surface area contributed by atoms with E-state index in [1.54, 1.807) is 7.11 Å². The third-order valence-corrected chi connectivity index (χ3v) is 3.02. The second kappa shape index (κ2) is 6.22. The van der Waals surface area contributed by atoms with Gasteiger partial charge in [-0.2, -0.15) is 0 Å². The van der Waals surface area contributed by atoms with E-state index in [1.807, 2.05) is 26.8 Å². The Labute approximate surface area is 112 Å². The first-order chi connectivity index (χ1) is 8.86. The molecule has 1 rings (SSSR count). The van der Waals surface area contributed by atoms with Crippen LogP contribution in [0.4, 0.5) is 5.69 Å². The number of ether oxygens (including phenoxy) is 1. The van der Waals surface area contributed by atoms with Crippen molar-refractivity contribution < 1.29 is 19.4 Å². The summed E-state index contributed by atoms with van der Waals surface area (Å²) in [6, 6.07) is 1.96. The molecule has 0 heterocycles. The standard InChI is InChI=1S/C14H19NO4/c1-8-7-9(2)13(14(19-4)10(8)3)15-11(16)5-6-12(17)18/h7H,5-6H2,1-4H3,(H,15,16)(H,17,18). The zero-order valence-electron chi connectivity index (χ0n) is 11.7. The van der Waals surface area contributed by atoms with Gasteiger partial charge in [0, 0.05) is 6.42 Å². The van der Waals surface area contributed by atoms with Crippen molar-refractivity contribution in [2.75, 3.05) is 12.4 Å². The third kappa shape index (κ3) is 3.71. The van der Waals surface area contributed by atoms with Gasteiger partial charge in [0.15, 0.2) is 0 Å². The number of methoxy groups -OCH3 is 1. The van der Waals surface area contributed by atoms with Crippen molar-refractivity contribution in [3.05, 3.63) is 22.8 Å². The van der Waals surface area contributed by atoms with E-state index in [4.69, 9.17) is 9.84 Å². The van der Waals surface area contributed by atoms with Crippen LogP contribution in [0.15, 0.2) is 6.07 Å². The molecule has 0 radical (unpaired) electrons. The average Bonchev–Trinajstić information content (AvgIpc) is 2.34. The molecule has 1 amide bonds. The SMILES string of the molecule is COc1c(C)c(C)cc(C)c1NC(=O)CCC(=O)O. The zero-order chi connectivity index (χ0) is 14.6. The summed E-state index contributed by atoms with van der Waals surface area (Å²) in [6.07, 6.45) is -0.233. The summed E-state index contributed by atoms with van der Waals surface area (Å²) in [7, 11) is 1.55. The van der Waals surface area contributed by atoms with E-state index in [0.29, 0.717) is 11.4 Å². The topological polar surface area (TPSA) is 75.6 Å². The summed E-state index contributed by atoms with van der Waals surface area (Å²) in [4.78, 5) is 22.1. The van der Waals surface area contributed by atoms with E-state index in [2.05, 4.69) is 5.32 Å². The quantitative estimate of drug-likeness (QED) is 0.857. The van der Waals surface area contributed by atoms with E-state index in [9.17, 15) is 9.59 Å². The minimum absolute atomic E-state index is 0.0507. The van der Waals surface area contributed by atoms with Gasteiger partial charge in [0.2, 0.25) is 5.91 Å². The molecule has 0 fully saturated rings. The van der Waals surface area contributed by atoms with Crippen LogP contribution >= 0.6 is 0 Å². The summed E-state index contributed by atoms with van der Waals surface area (Å²) in [5.74, 6) is -0.688. The van der Waals surface area contributed by atoms with Gasteiger partial charge >= 0.3 is 5.97 Å². The average molecular weight is 265 g/mol. The zero-order valence-corrected chi connectivity index (χ0v) is 11.7. The predicted octanol–water partition coefficient (Wildman–Crippen LogP) is 2.42. The van der Waals surface area contributed by atoms with E-state index < -0.39 is 5.97 Å². The minimum Gasteiger partial charge on any atom is -0.494 e. The molecule has 0 saturated heterocycles. The number of nitrogens with one attached hydrogen (secondary N) is 1. The summed E-state index contributed by atoms with van der Waals surface area (Å²) in [6.45, 7) is 5.77. The first kappa shape index (κ1) is 15.0. The van der Waals surface area contributed by atoms with Crippen molar-refractivity contribution in [2.45, 2.75) is 33.6 Å². The molecule has 0 spiro atoms. The van der Waals surface area contributed by atoms with Crippen LogP contribution in [0, 0.1) is 20.8 Å². The van der Waals surface area contributed by atoms with Crippen LogP contribution in [-0.2, 0) is 9.59 Å². The maximum Gasteiger partial charge on any atom is 0.303 e. The lowest BCUT2D eigenvalue weighted by molar-refractivity contribution is -0.138. The summed E-state index contributed by atoms with van der Waals surface area (Å²) in [5, 5.41) is 11.3. The number of amides is 1. The van der Waals surface area contributed by atoms with Gasteiger partial charge in [-0.15, -0.1) is 0 Å². The fraction of sp³-hybridized carbons (Fsp3) is 0.429. The van der Waals surface area contributed by atoms with Crippen LogP contribution in [0.2, 0.25) is 0 Å². The molecule has 0 aliphatic heterocycles. The molecule has 1 aromatic rings. The van der Waals surface area contributed by atoms with Gasteiger partial charge < -0.3 is 15.2 Å². The second-order valence-electron chi connectivity index (χ2n) is 4.49. The number of anilines is 1. The molecule has 0 atom stereocenters. The highest BCUT2D eigenvalue weighted by atomic mass is 16.5. The number of carbonyl (C=O) groups excluding carboxylic acids is 1. The molecule has 0 unspecified atom stereocenters. The second-order valence-corrected chi connectivity index (χ2v) is 4.49. The molecular formula is C14H19NO4. The number of hydrogen-bond acceptors (Lipinski definition) is 3. The van der Waals surface area contributed by atoms with Gasteiger partial charge in [-0.25, -0.2) is 0 Å². The molecule has 0 saturated carbocycles. The lowest BCUT2D eigenvalue weighted by atomic mass is 10.0. The summed E-state index contributed by atoms with van der Waals surface area (Å²) < 4.78 is 5.33. The Morgan fingerprint density at radius 3 is 2.37 bits per heavy atom. The Balaban J connectivity index is 2.97. The van der Waals surface area contributed by atoms with Crippen molar-refractivity contribution in [1.29, 1.82) is 0 Å². The van der Waals surface area contributed by atoms with Gasteiger partial charge in [0.1, 0.15) is 5.75 Å². The number of benzene rings is 1. The van der Waals surface area contributed by atoms with E-state index >= 15 is 0 Å². The number of aryl methyl sites for hydroxylation is 2. The Morgan fingerprint density at radius 1 is 1.21 bits per heavy atom. The van der Waals surface area contributed by atoms with E-state index in [1.165, 1.54) is 0 Å². The highest BCUT2D eigenvalue weighted by Gasteiger charge is 2.15. The largest absolute Gasteiger partial charge is 0.494 e. The van der Waals surface area contributed by atoms with Gasteiger partial charge in [0.25, 0.3) is 0 Å². The Hall–Kier alpha value is -2.04. The summed E-state index contributed by atoms with van der Waals surface area (Å²) in [5.41, 5.74) is 3.55. The molecule has 0 aromatic heterocycles. The molecule has 0 aliphatic rings. The molecule has 5 nitrogen and oxygen atoms in total. The van der Waals surface area contributed by atoms with E-state index in [-0.39, 0.29) is 18.7 Å². The molecule has 19 heavy (non-hydrogen) atoms. The van der Waals surface area contributed by atoms with E-state index in [0.717, 1.165) is 16.7 Å². The molecule has 2 N–H and O–H groups in total. The summed E-state index contributed by atoms with van der Waals surface area (Å²) >= 11 is 0. The molecular weight excluding hydrogens is 246 g/mol. The smallest absolute Gasteiger partial charge is 0.303 e. The molecule has 1 aromatic carbocycles. The number of rotatable bonds is 5. The first-order valence-electron chi connectivity index (χ1n) is 6.03. The van der Waals surface area contributed by atoms with Crippen LogP contribution in [0.25, 0.3) is 0 Å². The van der Waals surface area contributed by atoms with Crippen LogP contribution in [0.3, 0.4) is 0 Å². The van der Waals surface area contributed by atoms with Crippen LogP contribution in [-0.4, -0.2) is 24.1 Å². The maximum atomic E-state index is 11.7. The van der Waals surface area contributed by atoms with Gasteiger partial charge in [-0.3, -0.25) is 9.59 Å². The number of carboxylic acid groups (broad SMARTS) is 1. The third-order valence-electron chi connectivity index (χ3n) is 3.02. The molecule has 104 valence electrons. The highest BCUT2D eigenvalue weighted by molar-refractivity contribution is 5.95. The number of hydrogen-bond donors (Lipinski definition) is 2. The van der Waals surface area contributed by atoms with Gasteiger partial charge in [-0.05, 0) is 37.5 Å². The fourth-order valence-corrected chi connectivity index (χ4v) is 1.88. The maximum absolute atomic E-state index is 11.7. The number of carbonyl (C=O) groups is 2. The van der Waals surface area contributed by atoms with Crippen LogP contribution < -0.4 is 10.1 Å². The Kier molecular flexibility index (Phi) is 4.92. The minimum atomic E-state index is -0.987. The molecule has 5 heteroatoms. The lowest BCUT2D eigenvalue weighted by Gasteiger charge is -2.17. The lowest BCUT2D eigenvalue weighted by Crippen LogP contribution is -2.15. The highest BCUT2D eigenvalue weighted by Crippen LogP contribution is 2.34. The van der Waals surface area contributed by atoms with Crippen LogP contribution in [0.1, 0.15) is 29.5 Å². The fourth-order valence-electron chi connectivity index (χ4n) is 1.88. The monoisotopic (exact) mass is 265 g/mol. The van der Waals surface area contributed by atoms with Gasteiger partial charge in [-0.1, -0.05) is 6.07 Å². The number of aliphatic carboxylic acids is 1. The Bertz CT molecular complexity index is 509. The van der Waals surface area contributed by atoms with Crippen molar-refractivity contribution in [2.24, 2.45) is 0 Å². The van der Waals surface area contributed by atoms with Crippen molar-refractivity contribution >= 4 is 17.6 Å². The van der Waals surface area contributed by atoms with Crippen molar-refractivity contribution in [1.82, 2.24) is 0 Å². The predicted molar refractivity (Wildman–Crippen MR) is 72.7 cm³/mol. The Morgan fingerprint density at radius 2 is 1.84 bits per heavy atom. The first-order valence-corrected chi connectivity index (χ1v) is 6.03.